The predicted octanol–water partition coefficient (Wildman–Crippen LogP) is 10.8. The first-order chi connectivity index (χ1) is 39.9. The van der Waals surface area contributed by atoms with E-state index in [4.69, 9.17) is 52.1 Å². The first-order valence-electron chi connectivity index (χ1n) is 27.2. The van der Waals surface area contributed by atoms with Crippen LogP contribution in [0.1, 0.15) is 45.4 Å². The average molecular weight is 1100 g/mol. The molecule has 16 heteroatoms. The second-order valence-corrected chi connectivity index (χ2v) is 19.8. The predicted molar refractivity (Wildman–Crippen MR) is 300 cm³/mol. The van der Waals surface area contributed by atoms with Gasteiger partial charge in [0.15, 0.2) is 6.29 Å². The molecule has 16 nitrogen and oxygen atoms in total. The van der Waals surface area contributed by atoms with Crippen LogP contribution in [0.5, 0.6) is 0 Å². The Morgan fingerprint density at radius 1 is 0.593 bits per heavy atom. The molecule has 11 atom stereocenters. The summed E-state index contributed by atoms with van der Waals surface area (Å²) in [4.78, 5) is 18.9. The number of rotatable bonds is 29. The number of azide groups is 1. The van der Waals surface area contributed by atoms with Crippen LogP contribution in [-0.2, 0) is 103 Å². The molecule has 2 fully saturated rings. The second-order valence-electron chi connectivity index (χ2n) is 19.8. The Bertz CT molecular complexity index is 2950. The molecule has 0 amide bonds. The number of hydrogen-bond donors (Lipinski definition) is 1. The summed E-state index contributed by atoms with van der Waals surface area (Å²) >= 11 is 0. The minimum absolute atomic E-state index is 0.0374. The van der Waals surface area contributed by atoms with Crippen LogP contribution in [0.25, 0.3) is 10.4 Å². The minimum Gasteiger partial charge on any atom is -0.457 e. The zero-order valence-corrected chi connectivity index (χ0v) is 45.2. The van der Waals surface area contributed by atoms with Crippen molar-refractivity contribution in [3.63, 3.8) is 0 Å². The number of methoxy groups -OCH3 is 1. The summed E-state index contributed by atoms with van der Waals surface area (Å²) in [5.74, 6) is -3.29. The topological polar surface area (TPSA) is 188 Å². The zero-order chi connectivity index (χ0) is 55.9. The molecule has 0 spiro atoms. The molecule has 81 heavy (non-hydrogen) atoms. The zero-order valence-electron chi connectivity index (χ0n) is 45.2. The molecule has 1 N–H and O–H groups in total. The normalized spacial score (nSPS) is 23.4. The third-order valence-electron chi connectivity index (χ3n) is 14.1. The highest BCUT2D eigenvalue weighted by Crippen LogP contribution is 2.40. The van der Waals surface area contributed by atoms with Gasteiger partial charge in [0.1, 0.15) is 49.3 Å². The standard InChI is InChI=1S/C65H69N3O13/c1-71-63-62(77-43-52-33-19-7-20-34-52)61(76-42-51-31-17-6-18-32-51)58(69)55(80-63)46-79-65(64(70)78-44-53-35-21-8-22-36-53)37-54(73-39-48-25-11-3-12-26-48)57(67-68-66)60(81-65)59(75-41-50-29-15-5-16-30-50)56(74-40-49-27-13-4-14-28-49)45-72-38-47-23-9-2-10-24-47/h2-36,54-63,69H,37-46H2,1H3/t54-,55+,56+,57+,58-,59+,60+,61-,62+,63-,65+/m0/s1. The number of hydrogen-bond acceptors (Lipinski definition) is 14. The second kappa shape index (κ2) is 30.6. The number of ether oxygens (including phenoxy) is 11. The minimum atomic E-state index is -2.36. The van der Waals surface area contributed by atoms with Crippen LogP contribution in [-0.4, -0.2) is 98.4 Å². The molecule has 0 unspecified atom stereocenters. The summed E-state index contributed by atoms with van der Waals surface area (Å²) in [7, 11) is 1.48. The van der Waals surface area contributed by atoms with Gasteiger partial charge < -0.3 is 57.2 Å². The van der Waals surface area contributed by atoms with Gasteiger partial charge in [0.25, 0.3) is 5.79 Å². The molecule has 7 aromatic carbocycles. The first kappa shape index (κ1) is 58.5. The fourth-order valence-corrected chi connectivity index (χ4v) is 9.85. The number of nitrogens with zero attached hydrogens (tertiary/aromatic N) is 3. The molecule has 2 aliphatic rings. The van der Waals surface area contributed by atoms with E-state index in [1.807, 2.05) is 212 Å². The molecule has 7 aromatic rings. The highest BCUT2D eigenvalue weighted by Gasteiger charge is 2.59. The molecule has 422 valence electrons. The van der Waals surface area contributed by atoms with Crippen molar-refractivity contribution >= 4 is 5.97 Å². The van der Waals surface area contributed by atoms with E-state index in [0.717, 1.165) is 33.4 Å². The number of aliphatic hydroxyl groups is 1. The van der Waals surface area contributed by atoms with Gasteiger partial charge in [0, 0.05) is 18.4 Å². The third-order valence-corrected chi connectivity index (χ3v) is 14.1. The maximum absolute atomic E-state index is 15.5. The highest BCUT2D eigenvalue weighted by atomic mass is 16.8. The Balaban J connectivity index is 1.11. The van der Waals surface area contributed by atoms with Gasteiger partial charge in [-0.25, -0.2) is 4.79 Å². The molecule has 0 aliphatic carbocycles. The molecular formula is C65H69N3O13. The molecule has 2 saturated heterocycles. The monoisotopic (exact) mass is 1100 g/mol. The highest BCUT2D eigenvalue weighted by molar-refractivity contribution is 5.78. The maximum Gasteiger partial charge on any atom is 0.367 e. The van der Waals surface area contributed by atoms with Gasteiger partial charge in [0.2, 0.25) is 0 Å². The SMILES string of the molecule is CO[C@H]1O[C@H](CO[C@]2(C(=O)OCc3ccccc3)C[C@H](OCc3ccccc3)[C@@H](N=[N+]=[N-])[C@H]([C@H](OCc3ccccc3)[C@@H](COCc3ccccc3)OCc3ccccc3)O2)[C@H](O)[C@H](OCc2ccccc2)[C@H]1OCc1ccccc1. The van der Waals surface area contributed by atoms with Gasteiger partial charge in [-0.3, -0.25) is 0 Å². The van der Waals surface area contributed by atoms with Crippen LogP contribution in [0.2, 0.25) is 0 Å². The number of carbonyl (C=O) groups excluding carboxylic acids is 1. The van der Waals surface area contributed by atoms with Crippen molar-refractivity contribution in [2.75, 3.05) is 20.3 Å². The van der Waals surface area contributed by atoms with Crippen LogP contribution < -0.4 is 0 Å². The van der Waals surface area contributed by atoms with Crippen LogP contribution in [0.4, 0.5) is 0 Å². The van der Waals surface area contributed by atoms with Gasteiger partial charge in [0.05, 0.1) is 65.0 Å². The quantitative estimate of drug-likeness (QED) is 0.0202. The van der Waals surface area contributed by atoms with Crippen molar-refractivity contribution in [1.29, 1.82) is 0 Å². The summed E-state index contributed by atoms with van der Waals surface area (Å²) in [5, 5.41) is 16.9. The van der Waals surface area contributed by atoms with Gasteiger partial charge in [-0.1, -0.05) is 217 Å². The van der Waals surface area contributed by atoms with Crippen molar-refractivity contribution in [3.8, 4) is 0 Å². The lowest BCUT2D eigenvalue weighted by atomic mass is 9.88. The van der Waals surface area contributed by atoms with E-state index in [0.29, 0.717) is 5.56 Å². The summed E-state index contributed by atoms with van der Waals surface area (Å²) in [6, 6.07) is 65.6. The first-order valence-corrected chi connectivity index (χ1v) is 27.2. The van der Waals surface area contributed by atoms with Crippen molar-refractivity contribution in [2.24, 2.45) is 5.11 Å². The number of esters is 1. The Morgan fingerprint density at radius 2 is 1.02 bits per heavy atom. The Kier molecular flexibility index (Phi) is 22.1. The third kappa shape index (κ3) is 16.7. The fourth-order valence-electron chi connectivity index (χ4n) is 9.85. The molecule has 2 aliphatic heterocycles. The van der Waals surface area contributed by atoms with Gasteiger partial charge in [-0.15, -0.1) is 0 Å². The summed E-state index contributed by atoms with van der Waals surface area (Å²) < 4.78 is 73.1. The van der Waals surface area contributed by atoms with Crippen molar-refractivity contribution in [1.82, 2.24) is 0 Å². The molecule has 0 bridgehead atoms. The number of benzene rings is 7. The smallest absolute Gasteiger partial charge is 0.367 e. The average Bonchev–Trinajstić information content (AvgIpc) is 3.63. The Labute approximate surface area is 472 Å². The number of carbonyl (C=O) groups is 1. The van der Waals surface area contributed by atoms with Crippen molar-refractivity contribution < 1.29 is 62.0 Å². The van der Waals surface area contributed by atoms with Gasteiger partial charge in [-0.05, 0) is 44.5 Å². The Morgan fingerprint density at radius 3 is 1.51 bits per heavy atom. The lowest BCUT2D eigenvalue weighted by Crippen LogP contribution is -2.66. The molecule has 0 aromatic heterocycles. The van der Waals surface area contributed by atoms with Crippen LogP contribution in [0, 0.1) is 0 Å². The van der Waals surface area contributed by atoms with E-state index in [1.54, 1.807) is 0 Å². The van der Waals surface area contributed by atoms with Gasteiger partial charge >= 0.3 is 5.97 Å². The summed E-state index contributed by atoms with van der Waals surface area (Å²) in [5.41, 5.74) is 16.4. The van der Waals surface area contributed by atoms with Crippen molar-refractivity contribution in [2.45, 2.75) is 120 Å². The largest absolute Gasteiger partial charge is 0.457 e. The molecule has 0 radical (unpaired) electrons. The van der Waals surface area contributed by atoms with E-state index < -0.39 is 79.5 Å². The van der Waals surface area contributed by atoms with E-state index in [9.17, 15) is 10.6 Å². The van der Waals surface area contributed by atoms with E-state index >= 15 is 4.79 Å². The van der Waals surface area contributed by atoms with Crippen molar-refractivity contribution in [3.05, 3.63) is 262 Å². The lowest BCUT2D eigenvalue weighted by Gasteiger charge is -2.49. The van der Waals surface area contributed by atoms with Crippen LogP contribution in [0.3, 0.4) is 0 Å². The lowest BCUT2D eigenvalue weighted by molar-refractivity contribution is -0.347. The Hall–Kier alpha value is -7.12. The van der Waals surface area contributed by atoms with Crippen LogP contribution >= 0.6 is 0 Å². The molecule has 0 saturated carbocycles. The summed E-state index contributed by atoms with van der Waals surface area (Å²) in [6.07, 6.45) is -10.6. The maximum atomic E-state index is 15.5. The number of aliphatic hydroxyl groups excluding tert-OH is 1. The molecule has 9 rings (SSSR count). The molecule has 2 heterocycles. The summed E-state index contributed by atoms with van der Waals surface area (Å²) in [6.45, 7) is 0.0325. The van der Waals surface area contributed by atoms with Gasteiger partial charge in [-0.2, -0.15) is 0 Å². The van der Waals surface area contributed by atoms with Crippen LogP contribution in [0.15, 0.2) is 217 Å². The molecular weight excluding hydrogens is 1030 g/mol. The fraction of sp³-hybridized carbons (Fsp3) is 0.338. The van der Waals surface area contributed by atoms with E-state index in [-0.39, 0.29) is 59.3 Å². The van der Waals surface area contributed by atoms with E-state index in [1.165, 1.54) is 7.11 Å². The van der Waals surface area contributed by atoms with E-state index in [2.05, 4.69) is 10.0 Å².